The summed E-state index contributed by atoms with van der Waals surface area (Å²) in [6, 6.07) is 9.73. The van der Waals surface area contributed by atoms with E-state index in [-0.39, 0.29) is 0 Å². The quantitative estimate of drug-likeness (QED) is 0.806. The molecule has 0 aliphatic heterocycles. The van der Waals surface area contributed by atoms with Crippen LogP contribution >= 0.6 is 12.2 Å². The molecule has 3 N–H and O–H groups in total. The third kappa shape index (κ3) is 2.82. The van der Waals surface area contributed by atoms with Crippen LogP contribution in [0.4, 0.5) is 5.69 Å². The van der Waals surface area contributed by atoms with E-state index in [1.54, 1.807) is 6.20 Å². The predicted octanol–water partition coefficient (Wildman–Crippen LogP) is 1.67. The van der Waals surface area contributed by atoms with Crippen molar-refractivity contribution in [3.63, 3.8) is 0 Å². The molecule has 88 valence electrons. The van der Waals surface area contributed by atoms with Crippen molar-refractivity contribution in [3.8, 4) is 0 Å². The van der Waals surface area contributed by atoms with Crippen LogP contribution in [0.2, 0.25) is 0 Å². The second-order valence-corrected chi connectivity index (χ2v) is 4.18. The number of nitrogens with two attached hydrogens (primary N) is 1. The Morgan fingerprint density at radius 3 is 2.59 bits per heavy atom. The summed E-state index contributed by atoms with van der Waals surface area (Å²) >= 11 is 4.90. The lowest BCUT2D eigenvalue weighted by Crippen LogP contribution is -2.09. The fourth-order valence-corrected chi connectivity index (χ4v) is 1.66. The SMILES string of the molecule is Cn1nccc1CNc1ccc(C(N)=S)cc1. The summed E-state index contributed by atoms with van der Waals surface area (Å²) in [5.41, 5.74) is 8.58. The Hall–Kier alpha value is -1.88. The van der Waals surface area contributed by atoms with E-state index in [1.807, 2.05) is 42.1 Å². The molecule has 0 aliphatic carbocycles. The minimum Gasteiger partial charge on any atom is -0.389 e. The van der Waals surface area contributed by atoms with E-state index < -0.39 is 0 Å². The van der Waals surface area contributed by atoms with E-state index in [9.17, 15) is 0 Å². The molecule has 1 aromatic carbocycles. The first-order valence-corrected chi connectivity index (χ1v) is 5.68. The van der Waals surface area contributed by atoms with Gasteiger partial charge < -0.3 is 11.1 Å². The molecule has 0 saturated heterocycles. The van der Waals surface area contributed by atoms with Crippen molar-refractivity contribution < 1.29 is 0 Å². The average molecular weight is 246 g/mol. The molecule has 0 aliphatic rings. The number of hydrogen-bond donors (Lipinski definition) is 2. The van der Waals surface area contributed by atoms with Gasteiger partial charge in [0.1, 0.15) is 4.99 Å². The maximum atomic E-state index is 5.53. The highest BCUT2D eigenvalue weighted by molar-refractivity contribution is 7.80. The molecule has 0 saturated carbocycles. The van der Waals surface area contributed by atoms with Crippen molar-refractivity contribution in [1.82, 2.24) is 9.78 Å². The summed E-state index contributed by atoms with van der Waals surface area (Å²) in [7, 11) is 1.92. The van der Waals surface area contributed by atoms with Gasteiger partial charge in [0.25, 0.3) is 0 Å². The van der Waals surface area contributed by atoms with E-state index in [4.69, 9.17) is 18.0 Å². The van der Waals surface area contributed by atoms with Crippen LogP contribution in [-0.2, 0) is 13.6 Å². The number of nitrogens with zero attached hydrogens (tertiary/aromatic N) is 2. The molecule has 1 heterocycles. The lowest BCUT2D eigenvalue weighted by Gasteiger charge is -2.07. The van der Waals surface area contributed by atoms with Gasteiger partial charge >= 0.3 is 0 Å². The molecular weight excluding hydrogens is 232 g/mol. The zero-order valence-corrected chi connectivity index (χ0v) is 10.4. The van der Waals surface area contributed by atoms with Crippen LogP contribution in [0.3, 0.4) is 0 Å². The molecule has 0 amide bonds. The maximum absolute atomic E-state index is 5.53. The number of rotatable bonds is 4. The van der Waals surface area contributed by atoms with Crippen LogP contribution in [-0.4, -0.2) is 14.8 Å². The summed E-state index contributed by atoms with van der Waals surface area (Å²) in [5.74, 6) is 0. The number of anilines is 1. The van der Waals surface area contributed by atoms with Gasteiger partial charge in [-0.2, -0.15) is 5.10 Å². The van der Waals surface area contributed by atoms with Gasteiger partial charge in [-0.1, -0.05) is 12.2 Å². The minimum atomic E-state index is 0.420. The first-order chi connectivity index (χ1) is 8.16. The standard InChI is InChI=1S/C12H14N4S/c1-16-11(6-7-15-16)8-14-10-4-2-9(3-5-10)12(13)17/h2-7,14H,8H2,1H3,(H2,13,17). The molecule has 0 spiro atoms. The summed E-state index contributed by atoms with van der Waals surface area (Å²) in [6.07, 6.45) is 1.78. The Balaban J connectivity index is 2.00. The molecule has 4 nitrogen and oxygen atoms in total. The highest BCUT2D eigenvalue weighted by Gasteiger charge is 1.99. The molecule has 2 rings (SSSR count). The van der Waals surface area contributed by atoms with E-state index in [0.717, 1.165) is 23.5 Å². The third-order valence-electron chi connectivity index (χ3n) is 2.57. The van der Waals surface area contributed by atoms with Crippen LogP contribution in [0.1, 0.15) is 11.3 Å². The van der Waals surface area contributed by atoms with E-state index in [0.29, 0.717) is 4.99 Å². The van der Waals surface area contributed by atoms with Crippen molar-refractivity contribution >= 4 is 22.9 Å². The number of hydrogen-bond acceptors (Lipinski definition) is 3. The van der Waals surface area contributed by atoms with Crippen molar-refractivity contribution in [1.29, 1.82) is 0 Å². The highest BCUT2D eigenvalue weighted by atomic mass is 32.1. The third-order valence-corrected chi connectivity index (χ3v) is 2.80. The second-order valence-electron chi connectivity index (χ2n) is 3.74. The molecule has 0 bridgehead atoms. The van der Waals surface area contributed by atoms with Gasteiger partial charge in [-0.25, -0.2) is 0 Å². The predicted molar refractivity (Wildman–Crippen MR) is 72.9 cm³/mol. The second kappa shape index (κ2) is 4.97. The van der Waals surface area contributed by atoms with Crippen molar-refractivity contribution in [2.24, 2.45) is 12.8 Å². The van der Waals surface area contributed by atoms with Gasteiger partial charge in [0.2, 0.25) is 0 Å². The topological polar surface area (TPSA) is 55.9 Å². The van der Waals surface area contributed by atoms with Crippen molar-refractivity contribution in [2.45, 2.75) is 6.54 Å². The average Bonchev–Trinajstić information content (AvgIpc) is 2.73. The zero-order chi connectivity index (χ0) is 12.3. The van der Waals surface area contributed by atoms with E-state index in [2.05, 4.69) is 10.4 Å². The maximum Gasteiger partial charge on any atom is 0.103 e. The number of aromatic nitrogens is 2. The zero-order valence-electron chi connectivity index (χ0n) is 9.55. The Morgan fingerprint density at radius 1 is 1.35 bits per heavy atom. The van der Waals surface area contributed by atoms with E-state index in [1.165, 1.54) is 0 Å². The molecule has 0 atom stereocenters. The van der Waals surface area contributed by atoms with Crippen LogP contribution in [0.5, 0.6) is 0 Å². The lowest BCUT2D eigenvalue weighted by atomic mass is 10.2. The highest BCUT2D eigenvalue weighted by Crippen LogP contribution is 2.10. The molecule has 0 unspecified atom stereocenters. The van der Waals surface area contributed by atoms with Gasteiger partial charge in [-0.15, -0.1) is 0 Å². The summed E-state index contributed by atoms with van der Waals surface area (Å²) in [5, 5.41) is 7.42. The largest absolute Gasteiger partial charge is 0.389 e. The Bertz CT molecular complexity index is 516. The molecule has 5 heteroatoms. The Kier molecular flexibility index (Phi) is 3.39. The van der Waals surface area contributed by atoms with Gasteiger partial charge in [0.05, 0.1) is 12.2 Å². The normalized spacial score (nSPS) is 10.2. The minimum absolute atomic E-state index is 0.420. The number of thiocarbonyl (C=S) groups is 1. The van der Waals surface area contributed by atoms with Gasteiger partial charge in [0, 0.05) is 24.5 Å². The fraction of sp³-hybridized carbons (Fsp3) is 0.167. The molecule has 0 radical (unpaired) electrons. The van der Waals surface area contributed by atoms with E-state index >= 15 is 0 Å². The molecule has 1 aromatic heterocycles. The molecule has 0 fully saturated rings. The Labute approximate surface area is 105 Å². The number of aryl methyl sites for hydroxylation is 1. The summed E-state index contributed by atoms with van der Waals surface area (Å²) in [4.78, 5) is 0.420. The summed E-state index contributed by atoms with van der Waals surface area (Å²) in [6.45, 7) is 0.739. The van der Waals surface area contributed by atoms with Crippen LogP contribution < -0.4 is 11.1 Å². The molecule has 2 aromatic rings. The van der Waals surface area contributed by atoms with Crippen LogP contribution in [0.15, 0.2) is 36.5 Å². The van der Waals surface area contributed by atoms with Gasteiger partial charge in [-0.05, 0) is 30.3 Å². The number of nitrogens with one attached hydrogen (secondary N) is 1. The Morgan fingerprint density at radius 2 is 2.06 bits per heavy atom. The number of benzene rings is 1. The van der Waals surface area contributed by atoms with Crippen molar-refractivity contribution in [2.75, 3.05) is 5.32 Å². The summed E-state index contributed by atoms with van der Waals surface area (Å²) < 4.78 is 1.84. The van der Waals surface area contributed by atoms with Gasteiger partial charge in [0.15, 0.2) is 0 Å². The molecular formula is C12H14N4S. The first kappa shape index (κ1) is 11.6. The van der Waals surface area contributed by atoms with Gasteiger partial charge in [-0.3, -0.25) is 4.68 Å². The lowest BCUT2D eigenvalue weighted by molar-refractivity contribution is 0.720. The monoisotopic (exact) mass is 246 g/mol. The molecule has 17 heavy (non-hydrogen) atoms. The van der Waals surface area contributed by atoms with Crippen LogP contribution in [0.25, 0.3) is 0 Å². The first-order valence-electron chi connectivity index (χ1n) is 5.27. The smallest absolute Gasteiger partial charge is 0.103 e. The van der Waals surface area contributed by atoms with Crippen LogP contribution in [0, 0.1) is 0 Å². The van der Waals surface area contributed by atoms with Crippen molar-refractivity contribution in [3.05, 3.63) is 47.8 Å². The fourth-order valence-electron chi connectivity index (χ4n) is 1.52.